The minimum absolute atomic E-state index is 0.0488. The van der Waals surface area contributed by atoms with Crippen LogP contribution in [0.2, 0.25) is 0 Å². The van der Waals surface area contributed by atoms with Crippen molar-refractivity contribution in [3.63, 3.8) is 0 Å². The predicted molar refractivity (Wildman–Crippen MR) is 131 cm³/mol. The highest BCUT2D eigenvalue weighted by molar-refractivity contribution is 5.91. The van der Waals surface area contributed by atoms with E-state index in [1.807, 2.05) is 68.1 Å². The van der Waals surface area contributed by atoms with Crippen molar-refractivity contribution in [1.29, 1.82) is 0 Å². The Morgan fingerprint density at radius 1 is 1.06 bits per heavy atom. The van der Waals surface area contributed by atoms with Crippen molar-refractivity contribution in [2.45, 2.75) is 51.2 Å². The standard InChI is InChI=1S/C26H27N7O/c1-15-27-20-12-8-7-11-17(20)23(28-15)30-24-19-14-33(26(2,3)22(19)31-32-24)25(34)29-21-13-18(21)16-9-5-4-6-10-16/h4-12,18,21H,13-14H2,1-3H3,(H,29,34)(H2,27,28,30,31,32). The summed E-state index contributed by atoms with van der Waals surface area (Å²) in [6.45, 7) is 6.44. The van der Waals surface area contributed by atoms with E-state index in [4.69, 9.17) is 0 Å². The molecule has 2 aromatic carbocycles. The fourth-order valence-electron chi connectivity index (χ4n) is 5.00. The maximum Gasteiger partial charge on any atom is 0.318 e. The number of nitrogens with one attached hydrogen (secondary N) is 3. The van der Waals surface area contributed by atoms with Crippen LogP contribution in [-0.2, 0) is 12.1 Å². The molecule has 1 aliphatic carbocycles. The number of hydrogen-bond donors (Lipinski definition) is 3. The molecule has 2 aromatic heterocycles. The van der Waals surface area contributed by atoms with Crippen molar-refractivity contribution in [2.75, 3.05) is 5.32 Å². The van der Waals surface area contributed by atoms with Gasteiger partial charge in [-0.05, 0) is 44.9 Å². The molecule has 4 aromatic rings. The molecule has 6 rings (SSSR count). The zero-order valence-corrected chi connectivity index (χ0v) is 19.5. The van der Waals surface area contributed by atoms with Crippen LogP contribution in [0.3, 0.4) is 0 Å². The van der Waals surface area contributed by atoms with Crippen LogP contribution in [0, 0.1) is 6.92 Å². The number of nitrogens with zero attached hydrogens (tertiary/aromatic N) is 4. The molecular formula is C26H27N7O. The third kappa shape index (κ3) is 3.37. The Balaban J connectivity index is 1.22. The SMILES string of the molecule is Cc1nc(Nc2n[nH]c3c2CN(C(=O)NC2CC2c2ccccc2)C3(C)C)c2ccccc2n1. The summed E-state index contributed by atoms with van der Waals surface area (Å²) < 4.78 is 0. The summed E-state index contributed by atoms with van der Waals surface area (Å²) in [6, 6.07) is 18.4. The van der Waals surface area contributed by atoms with Gasteiger partial charge in [0.15, 0.2) is 5.82 Å². The lowest BCUT2D eigenvalue weighted by Gasteiger charge is -2.32. The van der Waals surface area contributed by atoms with Crippen LogP contribution in [0.25, 0.3) is 10.9 Å². The number of carbonyl (C=O) groups excluding carboxylic acids is 1. The van der Waals surface area contributed by atoms with E-state index in [1.54, 1.807) is 0 Å². The van der Waals surface area contributed by atoms with Gasteiger partial charge in [0.05, 0.1) is 23.3 Å². The highest BCUT2D eigenvalue weighted by Gasteiger charge is 2.46. The number of fused-ring (bicyclic) bond motifs is 2. The number of rotatable bonds is 4. The number of aromatic amines is 1. The van der Waals surface area contributed by atoms with Gasteiger partial charge in [-0.2, -0.15) is 5.10 Å². The minimum Gasteiger partial charge on any atom is -0.335 e. The van der Waals surface area contributed by atoms with Gasteiger partial charge in [-0.15, -0.1) is 0 Å². The number of para-hydroxylation sites is 1. The molecular weight excluding hydrogens is 426 g/mol. The van der Waals surface area contributed by atoms with Crippen LogP contribution in [0.1, 0.15) is 48.8 Å². The summed E-state index contributed by atoms with van der Waals surface area (Å²) in [4.78, 5) is 24.3. The van der Waals surface area contributed by atoms with E-state index in [0.29, 0.717) is 29.9 Å². The van der Waals surface area contributed by atoms with Crippen molar-refractivity contribution < 1.29 is 4.79 Å². The van der Waals surface area contributed by atoms with E-state index < -0.39 is 5.54 Å². The molecule has 0 spiro atoms. The summed E-state index contributed by atoms with van der Waals surface area (Å²) in [5.74, 6) is 2.48. The second-order valence-corrected chi connectivity index (χ2v) is 9.64. The molecule has 2 amide bonds. The lowest BCUT2D eigenvalue weighted by atomic mass is 10.0. The normalized spacial score (nSPS) is 20.3. The second kappa shape index (κ2) is 7.55. The zero-order chi connectivity index (χ0) is 23.4. The molecule has 172 valence electrons. The van der Waals surface area contributed by atoms with Crippen molar-refractivity contribution in [1.82, 2.24) is 30.4 Å². The first kappa shape index (κ1) is 20.7. The van der Waals surface area contributed by atoms with Crippen LogP contribution in [-0.4, -0.2) is 37.1 Å². The fourth-order valence-corrected chi connectivity index (χ4v) is 5.00. The number of anilines is 2. The molecule has 8 nitrogen and oxygen atoms in total. The molecule has 8 heteroatoms. The number of hydrogen-bond acceptors (Lipinski definition) is 5. The van der Waals surface area contributed by atoms with Gasteiger partial charge < -0.3 is 15.5 Å². The number of aromatic nitrogens is 4. The van der Waals surface area contributed by atoms with E-state index in [1.165, 1.54) is 5.56 Å². The smallest absolute Gasteiger partial charge is 0.318 e. The first-order valence-electron chi connectivity index (χ1n) is 11.6. The molecule has 0 bridgehead atoms. The summed E-state index contributed by atoms with van der Waals surface area (Å²) in [5.41, 5.74) is 3.57. The lowest BCUT2D eigenvalue weighted by molar-refractivity contribution is 0.142. The van der Waals surface area contributed by atoms with E-state index in [2.05, 4.69) is 42.9 Å². The van der Waals surface area contributed by atoms with Crippen molar-refractivity contribution in [3.05, 3.63) is 77.2 Å². The third-order valence-electron chi connectivity index (χ3n) is 6.99. The average Bonchev–Trinajstić information content (AvgIpc) is 3.38. The monoisotopic (exact) mass is 453 g/mol. The highest BCUT2D eigenvalue weighted by Crippen LogP contribution is 2.44. The van der Waals surface area contributed by atoms with E-state index in [0.717, 1.165) is 28.6 Å². The van der Waals surface area contributed by atoms with Gasteiger partial charge in [0.1, 0.15) is 11.6 Å². The van der Waals surface area contributed by atoms with E-state index >= 15 is 0 Å². The van der Waals surface area contributed by atoms with Gasteiger partial charge in [0, 0.05) is 22.9 Å². The summed E-state index contributed by atoms with van der Waals surface area (Å²) >= 11 is 0. The Bertz CT molecular complexity index is 1400. The Morgan fingerprint density at radius 3 is 2.65 bits per heavy atom. The molecule has 2 atom stereocenters. The average molecular weight is 454 g/mol. The second-order valence-electron chi connectivity index (χ2n) is 9.64. The van der Waals surface area contributed by atoms with Gasteiger partial charge in [-0.3, -0.25) is 5.10 Å². The van der Waals surface area contributed by atoms with Crippen molar-refractivity contribution >= 4 is 28.6 Å². The van der Waals surface area contributed by atoms with Crippen LogP contribution < -0.4 is 10.6 Å². The van der Waals surface area contributed by atoms with Crippen LogP contribution in [0.5, 0.6) is 0 Å². The largest absolute Gasteiger partial charge is 0.335 e. The molecule has 34 heavy (non-hydrogen) atoms. The third-order valence-corrected chi connectivity index (χ3v) is 6.99. The Kier molecular flexibility index (Phi) is 4.58. The molecule has 0 radical (unpaired) electrons. The molecule has 1 saturated carbocycles. The van der Waals surface area contributed by atoms with Crippen molar-refractivity contribution in [2.24, 2.45) is 0 Å². The van der Waals surface area contributed by atoms with E-state index in [9.17, 15) is 4.79 Å². The number of benzene rings is 2. The quantitative estimate of drug-likeness (QED) is 0.415. The Morgan fingerprint density at radius 2 is 1.82 bits per heavy atom. The van der Waals surface area contributed by atoms with Crippen LogP contribution in [0.15, 0.2) is 54.6 Å². The number of carbonyl (C=O) groups is 1. The van der Waals surface area contributed by atoms with Gasteiger partial charge in [-0.1, -0.05) is 42.5 Å². The summed E-state index contributed by atoms with van der Waals surface area (Å²) in [6.07, 6.45) is 0.976. The predicted octanol–water partition coefficient (Wildman–Crippen LogP) is 4.72. The highest BCUT2D eigenvalue weighted by atomic mass is 16.2. The number of aryl methyl sites for hydroxylation is 1. The fraction of sp³-hybridized carbons (Fsp3) is 0.308. The van der Waals surface area contributed by atoms with E-state index in [-0.39, 0.29) is 12.1 Å². The minimum atomic E-state index is -0.507. The topological polar surface area (TPSA) is 98.8 Å². The van der Waals surface area contributed by atoms with Crippen molar-refractivity contribution in [3.8, 4) is 0 Å². The van der Waals surface area contributed by atoms with Gasteiger partial charge in [0.2, 0.25) is 0 Å². The number of H-pyrrole nitrogens is 1. The Labute approximate surface area is 197 Å². The molecule has 1 aliphatic heterocycles. The van der Waals surface area contributed by atoms with Gasteiger partial charge in [0.25, 0.3) is 0 Å². The molecule has 3 heterocycles. The van der Waals surface area contributed by atoms with Crippen LogP contribution >= 0.6 is 0 Å². The van der Waals surface area contributed by atoms with Crippen LogP contribution in [0.4, 0.5) is 16.4 Å². The zero-order valence-electron chi connectivity index (χ0n) is 19.5. The Hall–Kier alpha value is -3.94. The molecule has 0 saturated heterocycles. The number of urea groups is 1. The first-order chi connectivity index (χ1) is 16.4. The van der Waals surface area contributed by atoms with Gasteiger partial charge in [-0.25, -0.2) is 14.8 Å². The van der Waals surface area contributed by atoms with Gasteiger partial charge >= 0.3 is 6.03 Å². The molecule has 2 unspecified atom stereocenters. The molecule has 2 aliphatic rings. The first-order valence-corrected chi connectivity index (χ1v) is 11.6. The maximum absolute atomic E-state index is 13.3. The lowest BCUT2D eigenvalue weighted by Crippen LogP contribution is -2.47. The maximum atomic E-state index is 13.3. The molecule has 3 N–H and O–H groups in total. The summed E-state index contributed by atoms with van der Waals surface area (Å²) in [5, 5.41) is 15.3. The number of amides is 2. The molecule has 1 fully saturated rings. The summed E-state index contributed by atoms with van der Waals surface area (Å²) in [7, 11) is 0.